The predicted molar refractivity (Wildman–Crippen MR) is 135 cm³/mol. The average molecular weight is 518 g/mol. The normalized spacial score (nSPS) is 19.3. The van der Waals surface area contributed by atoms with Gasteiger partial charge in [-0.2, -0.15) is 0 Å². The molecule has 0 radical (unpaired) electrons. The van der Waals surface area contributed by atoms with Gasteiger partial charge in [0.15, 0.2) is 0 Å². The van der Waals surface area contributed by atoms with Gasteiger partial charge < -0.3 is 15.0 Å². The number of carbonyl (C=O) groups excluding carboxylic acids is 3. The van der Waals surface area contributed by atoms with Gasteiger partial charge in [-0.15, -0.1) is 0 Å². The maximum absolute atomic E-state index is 13.7. The Bertz CT molecular complexity index is 1150. The number of halogens is 2. The summed E-state index contributed by atoms with van der Waals surface area (Å²) >= 11 is 12.1. The quantitative estimate of drug-likeness (QED) is 0.655. The van der Waals surface area contributed by atoms with E-state index in [-0.39, 0.29) is 30.4 Å². The summed E-state index contributed by atoms with van der Waals surface area (Å²) in [6.07, 6.45) is 0.784. The molecule has 2 saturated heterocycles. The number of benzene rings is 2. The lowest BCUT2D eigenvalue weighted by molar-refractivity contribution is -0.128. The topological polar surface area (TPSA) is 79.0 Å². The average Bonchev–Trinajstić information content (AvgIpc) is 3.18. The molecule has 186 valence electrons. The molecule has 1 spiro atoms. The summed E-state index contributed by atoms with van der Waals surface area (Å²) in [5.41, 5.74) is 0.945. The van der Waals surface area contributed by atoms with Gasteiger partial charge in [0.2, 0.25) is 5.91 Å². The molecule has 0 aromatic heterocycles. The van der Waals surface area contributed by atoms with Crippen molar-refractivity contribution in [3.05, 3.63) is 69.2 Å². The molecule has 2 fully saturated rings. The van der Waals surface area contributed by atoms with Gasteiger partial charge in [0.1, 0.15) is 11.8 Å². The molecule has 1 atom stereocenters. The number of amides is 3. The molecule has 7 nitrogen and oxygen atoms in total. The minimum Gasteiger partial charge on any atom is -0.353 e. The molecule has 0 bridgehead atoms. The Hall–Kier alpha value is -2.61. The minimum atomic E-state index is -0.964. The predicted octanol–water partition coefficient (Wildman–Crippen LogP) is 4.30. The molecule has 0 aliphatic carbocycles. The highest BCUT2D eigenvalue weighted by molar-refractivity contribution is 6.42. The molecule has 2 aliphatic heterocycles. The van der Waals surface area contributed by atoms with E-state index < -0.39 is 11.8 Å². The number of nitrogens with zero attached hydrogens (tertiary/aromatic N) is 2. The van der Waals surface area contributed by atoms with E-state index >= 15 is 0 Å². The number of rotatable bonds is 4. The smallest absolute Gasteiger partial charge is 0.256 e. The number of piperidine rings is 1. The third-order valence-corrected chi connectivity index (χ3v) is 7.22. The Morgan fingerprint density at radius 3 is 2.31 bits per heavy atom. The first-order chi connectivity index (χ1) is 16.6. The van der Waals surface area contributed by atoms with Gasteiger partial charge in [0.05, 0.1) is 16.7 Å². The van der Waals surface area contributed by atoms with Crippen LogP contribution in [0.2, 0.25) is 10.0 Å². The van der Waals surface area contributed by atoms with E-state index in [4.69, 9.17) is 27.9 Å². The molecule has 2 aromatic carbocycles. The van der Waals surface area contributed by atoms with Crippen molar-refractivity contribution in [1.82, 2.24) is 15.1 Å². The van der Waals surface area contributed by atoms with Gasteiger partial charge in [-0.25, -0.2) is 0 Å². The second-order valence-corrected chi connectivity index (χ2v) is 10.2. The zero-order valence-electron chi connectivity index (χ0n) is 20.0. The van der Waals surface area contributed by atoms with Crippen LogP contribution in [0.25, 0.3) is 0 Å². The number of ether oxygens (including phenoxy) is 1. The van der Waals surface area contributed by atoms with Crippen molar-refractivity contribution in [3.63, 3.8) is 0 Å². The summed E-state index contributed by atoms with van der Waals surface area (Å²) in [6.45, 7) is 6.52. The van der Waals surface area contributed by atoms with E-state index in [0.29, 0.717) is 47.1 Å². The Morgan fingerprint density at radius 1 is 1.00 bits per heavy atom. The van der Waals surface area contributed by atoms with E-state index in [9.17, 15) is 14.4 Å². The number of likely N-dealkylation sites (tertiary alicyclic amines) is 1. The van der Waals surface area contributed by atoms with Crippen LogP contribution in [0.4, 0.5) is 0 Å². The molecule has 4 rings (SSSR count). The summed E-state index contributed by atoms with van der Waals surface area (Å²) in [4.78, 5) is 43.2. The van der Waals surface area contributed by atoms with Gasteiger partial charge in [-0.3, -0.25) is 19.3 Å². The van der Waals surface area contributed by atoms with Crippen molar-refractivity contribution < 1.29 is 19.1 Å². The molecular formula is C26H29Cl2N3O4. The summed E-state index contributed by atoms with van der Waals surface area (Å²) in [5, 5.41) is 3.62. The highest BCUT2D eigenvalue weighted by atomic mass is 35.5. The van der Waals surface area contributed by atoms with Crippen molar-refractivity contribution in [3.8, 4) is 0 Å². The van der Waals surface area contributed by atoms with Crippen LogP contribution in [0.5, 0.6) is 0 Å². The third-order valence-electron chi connectivity index (χ3n) is 6.48. The second-order valence-electron chi connectivity index (χ2n) is 9.40. The first-order valence-electron chi connectivity index (χ1n) is 11.7. The van der Waals surface area contributed by atoms with Crippen molar-refractivity contribution in [2.75, 3.05) is 19.7 Å². The lowest BCUT2D eigenvalue weighted by atomic mass is 9.95. The number of carbonyl (C=O) groups is 3. The third kappa shape index (κ3) is 5.17. The SMILES string of the molecule is Cc1cccc(C(=O)N2C(C(=O)NC(C)C)COC23CCN(C(=O)c2ccc(Cl)c(Cl)c2)CC3)c1. The van der Waals surface area contributed by atoms with E-state index in [1.165, 1.54) is 0 Å². The number of nitrogens with one attached hydrogen (secondary N) is 1. The summed E-state index contributed by atoms with van der Waals surface area (Å²) in [7, 11) is 0. The van der Waals surface area contributed by atoms with Gasteiger partial charge >= 0.3 is 0 Å². The number of hydrogen-bond donors (Lipinski definition) is 1. The van der Waals surface area contributed by atoms with Gasteiger partial charge in [0.25, 0.3) is 11.8 Å². The Kier molecular flexibility index (Phi) is 7.40. The standard InChI is InChI=1S/C26H29Cl2N3O4/c1-16(2)29-23(32)22-15-35-26(31(22)25(34)18-6-4-5-17(3)13-18)9-11-30(12-10-26)24(33)19-7-8-20(27)21(28)14-19/h4-8,13-14,16,22H,9-12,15H2,1-3H3,(H,29,32). The number of aryl methyl sites for hydroxylation is 1. The molecular weight excluding hydrogens is 489 g/mol. The monoisotopic (exact) mass is 517 g/mol. The molecule has 2 aliphatic rings. The first-order valence-corrected chi connectivity index (χ1v) is 12.5. The van der Waals surface area contributed by atoms with Crippen molar-refractivity contribution >= 4 is 40.9 Å². The van der Waals surface area contributed by atoms with Crippen LogP contribution in [-0.2, 0) is 9.53 Å². The molecule has 3 amide bonds. The molecule has 9 heteroatoms. The second kappa shape index (κ2) is 10.2. The highest BCUT2D eigenvalue weighted by Gasteiger charge is 2.54. The van der Waals surface area contributed by atoms with Crippen LogP contribution in [0, 0.1) is 6.92 Å². The van der Waals surface area contributed by atoms with Crippen LogP contribution < -0.4 is 5.32 Å². The number of hydrogen-bond acceptors (Lipinski definition) is 4. The van der Waals surface area contributed by atoms with E-state index in [0.717, 1.165) is 5.56 Å². The lowest BCUT2D eigenvalue weighted by Gasteiger charge is -2.44. The zero-order valence-corrected chi connectivity index (χ0v) is 21.5. The Balaban J connectivity index is 1.58. The molecule has 2 heterocycles. The van der Waals surface area contributed by atoms with Crippen LogP contribution in [-0.4, -0.2) is 65.0 Å². The Labute approximate surface area is 215 Å². The largest absolute Gasteiger partial charge is 0.353 e. The fraction of sp³-hybridized carbons (Fsp3) is 0.423. The van der Waals surface area contributed by atoms with Gasteiger partial charge in [-0.05, 0) is 51.1 Å². The van der Waals surface area contributed by atoms with Gasteiger partial charge in [0, 0.05) is 43.1 Å². The summed E-state index contributed by atoms with van der Waals surface area (Å²) in [5.74, 6) is -0.659. The van der Waals surface area contributed by atoms with Crippen LogP contribution >= 0.6 is 23.2 Å². The van der Waals surface area contributed by atoms with Crippen molar-refractivity contribution in [2.24, 2.45) is 0 Å². The highest BCUT2D eigenvalue weighted by Crippen LogP contribution is 2.39. The fourth-order valence-corrected chi connectivity index (χ4v) is 5.03. The van der Waals surface area contributed by atoms with Crippen LogP contribution in [0.3, 0.4) is 0 Å². The van der Waals surface area contributed by atoms with Crippen LogP contribution in [0.1, 0.15) is 53.0 Å². The fourth-order valence-electron chi connectivity index (χ4n) is 4.74. The molecule has 0 saturated carbocycles. The van der Waals surface area contributed by atoms with E-state index in [1.807, 2.05) is 39.0 Å². The maximum Gasteiger partial charge on any atom is 0.256 e. The lowest BCUT2D eigenvalue weighted by Crippen LogP contribution is -2.60. The van der Waals surface area contributed by atoms with E-state index in [2.05, 4.69) is 5.32 Å². The van der Waals surface area contributed by atoms with Gasteiger partial charge in [-0.1, -0.05) is 40.9 Å². The molecule has 2 aromatic rings. The van der Waals surface area contributed by atoms with E-state index in [1.54, 1.807) is 34.1 Å². The zero-order chi connectivity index (χ0) is 25.3. The summed E-state index contributed by atoms with van der Waals surface area (Å²) in [6, 6.07) is 11.3. The van der Waals surface area contributed by atoms with Crippen molar-refractivity contribution in [1.29, 1.82) is 0 Å². The maximum atomic E-state index is 13.7. The molecule has 1 unspecified atom stereocenters. The minimum absolute atomic E-state index is 0.0689. The first kappa shape index (κ1) is 25.5. The molecule has 1 N–H and O–H groups in total. The Morgan fingerprint density at radius 2 is 1.69 bits per heavy atom. The van der Waals surface area contributed by atoms with Crippen molar-refractivity contribution in [2.45, 2.75) is 51.4 Å². The molecule has 35 heavy (non-hydrogen) atoms. The van der Waals surface area contributed by atoms with Crippen LogP contribution in [0.15, 0.2) is 42.5 Å². The summed E-state index contributed by atoms with van der Waals surface area (Å²) < 4.78 is 6.22.